The Labute approximate surface area is 119 Å². The molecule has 1 aromatic heterocycles. The molecule has 3 N–H and O–H groups in total. The fraction of sp³-hybridized carbons (Fsp3) is 0.643. The maximum absolute atomic E-state index is 6.05. The molecule has 0 spiro atoms. The molecule has 19 heavy (non-hydrogen) atoms. The molecule has 0 amide bonds. The molecular weight excluding hydrogens is 262 g/mol. The number of aromatic nitrogens is 1. The predicted molar refractivity (Wildman–Crippen MR) is 78.2 cm³/mol. The minimum Gasteiger partial charge on any atom is -0.383 e. The second-order valence-electron chi connectivity index (χ2n) is 5.10. The van der Waals surface area contributed by atoms with Crippen LogP contribution in [0.2, 0.25) is 5.02 Å². The standard InChI is InChI=1S/C14H22ClN3O/c1-3-6-17-12(13(19-2)9-4-5-9)11-7-10(15)8-18-14(11)16/h7-9,12-13,17H,3-6H2,1-2H3,(H2,16,18). The first-order chi connectivity index (χ1) is 9.17. The summed E-state index contributed by atoms with van der Waals surface area (Å²) in [7, 11) is 1.76. The molecule has 0 radical (unpaired) electrons. The molecule has 1 aliphatic rings. The summed E-state index contributed by atoms with van der Waals surface area (Å²) in [5.41, 5.74) is 6.95. The smallest absolute Gasteiger partial charge is 0.128 e. The molecule has 0 aliphatic heterocycles. The molecule has 1 heterocycles. The lowest BCUT2D eigenvalue weighted by molar-refractivity contribution is 0.0508. The molecule has 1 aliphatic carbocycles. The summed E-state index contributed by atoms with van der Waals surface area (Å²) in [4.78, 5) is 4.15. The zero-order chi connectivity index (χ0) is 13.8. The van der Waals surface area contributed by atoms with Gasteiger partial charge < -0.3 is 15.8 Å². The molecule has 2 atom stereocenters. The van der Waals surface area contributed by atoms with E-state index < -0.39 is 0 Å². The number of methoxy groups -OCH3 is 1. The van der Waals surface area contributed by atoms with Gasteiger partial charge in [0.1, 0.15) is 5.82 Å². The van der Waals surface area contributed by atoms with Crippen molar-refractivity contribution in [2.45, 2.75) is 38.3 Å². The predicted octanol–water partition coefficient (Wildman–Crippen LogP) is 2.78. The second kappa shape index (κ2) is 6.55. The Hall–Kier alpha value is -0.840. The Bertz CT molecular complexity index is 423. The number of ether oxygens (including phenoxy) is 1. The van der Waals surface area contributed by atoms with Crippen LogP contribution in [0.3, 0.4) is 0 Å². The molecule has 0 bridgehead atoms. The summed E-state index contributed by atoms with van der Waals surface area (Å²) < 4.78 is 5.69. The number of hydrogen-bond acceptors (Lipinski definition) is 4. The third-order valence-corrected chi connectivity index (χ3v) is 3.76. The van der Waals surface area contributed by atoms with Gasteiger partial charge in [0.05, 0.1) is 17.2 Å². The number of nitrogen functional groups attached to an aromatic ring is 1. The summed E-state index contributed by atoms with van der Waals surface area (Å²) in [6.07, 6.45) is 5.21. The van der Waals surface area contributed by atoms with Crippen LogP contribution in [0.15, 0.2) is 12.3 Å². The average Bonchev–Trinajstić information content (AvgIpc) is 3.22. The topological polar surface area (TPSA) is 60.2 Å². The molecule has 1 aromatic rings. The lowest BCUT2D eigenvalue weighted by Crippen LogP contribution is -2.36. The summed E-state index contributed by atoms with van der Waals surface area (Å²) in [6.45, 7) is 3.06. The van der Waals surface area contributed by atoms with E-state index in [0.29, 0.717) is 16.8 Å². The molecule has 2 rings (SSSR count). The van der Waals surface area contributed by atoms with Crippen molar-refractivity contribution in [2.75, 3.05) is 19.4 Å². The second-order valence-corrected chi connectivity index (χ2v) is 5.53. The first-order valence-electron chi connectivity index (χ1n) is 6.84. The maximum Gasteiger partial charge on any atom is 0.128 e. The van der Waals surface area contributed by atoms with Crippen molar-refractivity contribution >= 4 is 17.4 Å². The molecule has 4 nitrogen and oxygen atoms in total. The van der Waals surface area contributed by atoms with E-state index in [9.17, 15) is 0 Å². The van der Waals surface area contributed by atoms with E-state index in [1.165, 1.54) is 12.8 Å². The fourth-order valence-corrected chi connectivity index (χ4v) is 2.61. The Balaban J connectivity index is 2.26. The average molecular weight is 284 g/mol. The monoisotopic (exact) mass is 283 g/mol. The van der Waals surface area contributed by atoms with Gasteiger partial charge in [-0.2, -0.15) is 0 Å². The van der Waals surface area contributed by atoms with E-state index in [0.717, 1.165) is 18.5 Å². The van der Waals surface area contributed by atoms with Gasteiger partial charge in [-0.1, -0.05) is 18.5 Å². The highest BCUT2D eigenvalue weighted by molar-refractivity contribution is 6.30. The molecule has 1 fully saturated rings. The largest absolute Gasteiger partial charge is 0.383 e. The van der Waals surface area contributed by atoms with Crippen molar-refractivity contribution in [3.05, 3.63) is 22.8 Å². The normalized spacial score (nSPS) is 18.3. The van der Waals surface area contributed by atoms with Crippen molar-refractivity contribution in [1.29, 1.82) is 0 Å². The lowest BCUT2D eigenvalue weighted by atomic mass is 9.98. The number of nitrogens with zero attached hydrogens (tertiary/aromatic N) is 1. The first-order valence-corrected chi connectivity index (χ1v) is 7.22. The lowest BCUT2D eigenvalue weighted by Gasteiger charge is -2.28. The summed E-state index contributed by atoms with van der Waals surface area (Å²) in [5, 5.41) is 4.13. The van der Waals surface area contributed by atoms with Crippen molar-refractivity contribution < 1.29 is 4.74 Å². The SMILES string of the molecule is CCCNC(c1cc(Cl)cnc1N)C(OC)C1CC1. The van der Waals surface area contributed by atoms with Crippen molar-refractivity contribution in [3.8, 4) is 0 Å². The van der Waals surface area contributed by atoms with E-state index in [2.05, 4.69) is 17.2 Å². The number of hydrogen-bond donors (Lipinski definition) is 2. The van der Waals surface area contributed by atoms with Gasteiger partial charge in [0, 0.05) is 18.9 Å². The highest BCUT2D eigenvalue weighted by Gasteiger charge is 2.38. The van der Waals surface area contributed by atoms with Crippen LogP contribution in [0, 0.1) is 5.92 Å². The number of halogens is 1. The zero-order valence-electron chi connectivity index (χ0n) is 11.5. The number of nitrogens with one attached hydrogen (secondary N) is 1. The highest BCUT2D eigenvalue weighted by atomic mass is 35.5. The van der Waals surface area contributed by atoms with Gasteiger partial charge in [-0.15, -0.1) is 0 Å². The van der Waals surface area contributed by atoms with Gasteiger partial charge in [-0.3, -0.25) is 0 Å². The van der Waals surface area contributed by atoms with Crippen LogP contribution in [0.1, 0.15) is 37.8 Å². The van der Waals surface area contributed by atoms with E-state index in [4.69, 9.17) is 22.1 Å². The van der Waals surface area contributed by atoms with Gasteiger partial charge in [-0.25, -0.2) is 4.98 Å². The van der Waals surface area contributed by atoms with Crippen LogP contribution in [0.5, 0.6) is 0 Å². The molecule has 5 heteroatoms. The summed E-state index contributed by atoms with van der Waals surface area (Å²) in [5.74, 6) is 1.14. The van der Waals surface area contributed by atoms with Crippen molar-refractivity contribution in [1.82, 2.24) is 10.3 Å². The minimum atomic E-state index is 0.0589. The molecule has 0 saturated heterocycles. The van der Waals surface area contributed by atoms with E-state index >= 15 is 0 Å². The zero-order valence-corrected chi connectivity index (χ0v) is 12.3. The molecule has 2 unspecified atom stereocenters. The summed E-state index contributed by atoms with van der Waals surface area (Å²) in [6, 6.07) is 1.95. The summed E-state index contributed by atoms with van der Waals surface area (Å²) >= 11 is 6.05. The molecular formula is C14H22ClN3O. The van der Waals surface area contributed by atoms with Gasteiger partial charge in [0.2, 0.25) is 0 Å². The highest BCUT2D eigenvalue weighted by Crippen LogP contribution is 2.40. The third kappa shape index (κ3) is 3.59. The molecule has 0 aromatic carbocycles. The Kier molecular flexibility index (Phi) is 5.02. The van der Waals surface area contributed by atoms with Crippen LogP contribution >= 0.6 is 11.6 Å². The van der Waals surface area contributed by atoms with Crippen LogP contribution < -0.4 is 11.1 Å². The van der Waals surface area contributed by atoms with Crippen molar-refractivity contribution in [3.63, 3.8) is 0 Å². The number of anilines is 1. The Morgan fingerprint density at radius 1 is 1.58 bits per heavy atom. The van der Waals surface area contributed by atoms with E-state index in [1.807, 2.05) is 6.07 Å². The number of rotatable bonds is 7. The quantitative estimate of drug-likeness (QED) is 0.808. The van der Waals surface area contributed by atoms with E-state index in [-0.39, 0.29) is 12.1 Å². The number of pyridine rings is 1. The van der Waals surface area contributed by atoms with Gasteiger partial charge in [-0.05, 0) is 37.8 Å². The minimum absolute atomic E-state index is 0.0589. The van der Waals surface area contributed by atoms with Crippen LogP contribution in [0.25, 0.3) is 0 Å². The van der Waals surface area contributed by atoms with E-state index in [1.54, 1.807) is 13.3 Å². The Morgan fingerprint density at radius 3 is 2.89 bits per heavy atom. The fourth-order valence-electron chi connectivity index (χ4n) is 2.44. The van der Waals surface area contributed by atoms with Gasteiger partial charge in [0.25, 0.3) is 0 Å². The Morgan fingerprint density at radius 2 is 2.32 bits per heavy atom. The van der Waals surface area contributed by atoms with Gasteiger partial charge >= 0.3 is 0 Å². The van der Waals surface area contributed by atoms with Crippen LogP contribution in [-0.2, 0) is 4.74 Å². The van der Waals surface area contributed by atoms with Crippen molar-refractivity contribution in [2.24, 2.45) is 5.92 Å². The van der Waals surface area contributed by atoms with Gasteiger partial charge in [0.15, 0.2) is 0 Å². The molecule has 1 saturated carbocycles. The number of nitrogens with two attached hydrogens (primary N) is 1. The third-order valence-electron chi connectivity index (χ3n) is 3.55. The maximum atomic E-state index is 6.05. The molecule has 106 valence electrons. The van der Waals surface area contributed by atoms with Crippen LogP contribution in [-0.4, -0.2) is 24.7 Å². The first kappa shape index (κ1) is 14.6. The van der Waals surface area contributed by atoms with Crippen LogP contribution in [0.4, 0.5) is 5.82 Å².